The Morgan fingerprint density at radius 2 is 0.919 bits per heavy atom. The van der Waals surface area contributed by atoms with Gasteiger partial charge in [-0.25, -0.2) is 0 Å². The number of aromatic nitrogens is 3. The van der Waals surface area contributed by atoms with Gasteiger partial charge in [-0.2, -0.15) is 0 Å². The van der Waals surface area contributed by atoms with Crippen molar-refractivity contribution >= 4 is 90.2 Å². The molecular formula is C57H39N3S2. The first-order valence-corrected chi connectivity index (χ1v) is 22.8. The molecule has 0 spiro atoms. The highest BCUT2D eigenvalue weighted by Gasteiger charge is 2.38. The highest BCUT2D eigenvalue weighted by molar-refractivity contribution is 8.05. The van der Waals surface area contributed by atoms with Gasteiger partial charge >= 0.3 is 0 Å². The summed E-state index contributed by atoms with van der Waals surface area (Å²) in [6, 6.07) is 60.7. The van der Waals surface area contributed by atoms with Crippen LogP contribution in [-0.2, 0) is 5.41 Å². The molecule has 0 saturated heterocycles. The summed E-state index contributed by atoms with van der Waals surface area (Å²) in [4.78, 5) is 5.33. The fraction of sp³-hybridized carbons (Fsp3) is 0.0526. The number of hydrogen-bond acceptors (Lipinski definition) is 2. The molecule has 0 unspecified atom stereocenters. The molecule has 62 heavy (non-hydrogen) atoms. The molecule has 0 N–H and O–H groups in total. The molecule has 0 saturated carbocycles. The minimum atomic E-state index is -0.162. The van der Waals surface area contributed by atoms with Gasteiger partial charge in [0.15, 0.2) is 0 Å². The maximum absolute atomic E-state index is 4.38. The molecule has 3 aromatic heterocycles. The Labute approximate surface area is 368 Å². The van der Waals surface area contributed by atoms with E-state index in [0.29, 0.717) is 0 Å². The molecule has 3 nitrogen and oxygen atoms in total. The molecular weight excluding hydrogens is 791 g/mol. The average Bonchev–Trinajstić information content (AvgIpc) is 3.99. The normalized spacial score (nSPS) is 13.8. The molecule has 11 aromatic rings. The van der Waals surface area contributed by atoms with Crippen LogP contribution < -0.4 is 0 Å². The second kappa shape index (κ2) is 13.0. The maximum Gasteiger partial charge on any atom is 0.0547 e. The zero-order chi connectivity index (χ0) is 41.4. The standard InChI is InChI=1S/C57H39N3S2/c1-5-37-44-30-45-40(41-32-55-56(33-46(41)57(45,3)4)62-54-23-15-14-22-53(54)61-55)31-52(44)59(47(37)6-2)35-24-27-51-43(28-35)39-19-11-13-21-49(39)60(51)36-25-26-50-42(29-36)38-18-10-12-20-48(38)58(50)34-16-8-7-9-17-34/h5-33H,1-2H2,3-4H3. The number of benzene rings is 8. The molecule has 2 aliphatic rings. The number of para-hydroxylation sites is 3. The summed E-state index contributed by atoms with van der Waals surface area (Å²) in [7, 11) is 0. The van der Waals surface area contributed by atoms with E-state index in [2.05, 4.69) is 204 Å². The van der Waals surface area contributed by atoms with Crippen LogP contribution in [0, 0.1) is 0 Å². The monoisotopic (exact) mass is 829 g/mol. The van der Waals surface area contributed by atoms with Crippen LogP contribution in [0.25, 0.3) is 94.9 Å². The highest BCUT2D eigenvalue weighted by Crippen LogP contribution is 2.56. The van der Waals surface area contributed by atoms with E-state index in [4.69, 9.17) is 0 Å². The minimum absolute atomic E-state index is 0.162. The fourth-order valence-corrected chi connectivity index (χ4v) is 12.9. The topological polar surface area (TPSA) is 14.8 Å². The Bertz CT molecular complexity index is 3760. The van der Waals surface area contributed by atoms with E-state index in [1.54, 1.807) is 0 Å². The van der Waals surface area contributed by atoms with Gasteiger partial charge < -0.3 is 13.7 Å². The molecule has 0 atom stereocenters. The van der Waals surface area contributed by atoms with Crippen molar-refractivity contribution in [2.45, 2.75) is 38.8 Å². The molecule has 0 fully saturated rings. The van der Waals surface area contributed by atoms with Crippen LogP contribution in [0.15, 0.2) is 197 Å². The minimum Gasteiger partial charge on any atom is -0.309 e. The second-order valence-electron chi connectivity index (χ2n) is 17.0. The molecule has 1 aliphatic heterocycles. The van der Waals surface area contributed by atoms with Crippen LogP contribution in [0.1, 0.15) is 36.2 Å². The van der Waals surface area contributed by atoms with E-state index in [-0.39, 0.29) is 5.41 Å². The molecule has 294 valence electrons. The van der Waals surface area contributed by atoms with Gasteiger partial charge in [0, 0.05) is 74.6 Å². The van der Waals surface area contributed by atoms with Gasteiger partial charge in [-0.05, 0) is 125 Å². The lowest BCUT2D eigenvalue weighted by atomic mass is 9.82. The number of fused-ring (bicyclic) bond motifs is 12. The van der Waals surface area contributed by atoms with E-state index in [1.165, 1.54) is 90.8 Å². The third kappa shape index (κ3) is 4.86. The molecule has 1 aliphatic carbocycles. The van der Waals surface area contributed by atoms with Gasteiger partial charge in [0.25, 0.3) is 0 Å². The van der Waals surface area contributed by atoms with Gasteiger partial charge in [-0.15, -0.1) is 0 Å². The summed E-state index contributed by atoms with van der Waals surface area (Å²) >= 11 is 3.78. The first-order valence-electron chi connectivity index (χ1n) is 21.2. The third-order valence-electron chi connectivity index (χ3n) is 13.4. The lowest BCUT2D eigenvalue weighted by Gasteiger charge is -2.24. The number of rotatable bonds is 5. The lowest BCUT2D eigenvalue weighted by molar-refractivity contribution is 0.658. The van der Waals surface area contributed by atoms with Gasteiger partial charge in [-0.1, -0.05) is 123 Å². The van der Waals surface area contributed by atoms with Crippen molar-refractivity contribution in [3.63, 3.8) is 0 Å². The summed E-state index contributed by atoms with van der Waals surface area (Å²) in [5, 5.41) is 6.09. The second-order valence-corrected chi connectivity index (χ2v) is 19.2. The predicted molar refractivity (Wildman–Crippen MR) is 264 cm³/mol. The molecule has 8 aromatic carbocycles. The Balaban J connectivity index is 1.00. The molecule has 13 rings (SSSR count). The Kier molecular flexibility index (Phi) is 7.53. The Hall–Kier alpha value is -6.92. The molecule has 0 bridgehead atoms. The SMILES string of the molecule is C=Cc1c(C=C)n(-c2ccc3c(c2)c2ccccc2n3-c2ccc3c(c2)c2ccccc2n3-c2ccccc2)c2cc3c(cc12)C(C)(C)c1cc2c(cc1-3)Sc1ccccc1S2. The van der Waals surface area contributed by atoms with Crippen molar-refractivity contribution in [3.8, 4) is 28.2 Å². The lowest BCUT2D eigenvalue weighted by Crippen LogP contribution is -2.15. The van der Waals surface area contributed by atoms with Gasteiger partial charge in [-0.3, -0.25) is 0 Å². The van der Waals surface area contributed by atoms with Crippen LogP contribution in [-0.4, -0.2) is 13.7 Å². The van der Waals surface area contributed by atoms with Crippen molar-refractivity contribution in [3.05, 3.63) is 199 Å². The van der Waals surface area contributed by atoms with Crippen LogP contribution in [0.5, 0.6) is 0 Å². The maximum atomic E-state index is 4.38. The Morgan fingerprint density at radius 1 is 0.403 bits per heavy atom. The molecule has 4 heterocycles. The van der Waals surface area contributed by atoms with Crippen LogP contribution >= 0.6 is 23.5 Å². The van der Waals surface area contributed by atoms with Crippen LogP contribution in [0.3, 0.4) is 0 Å². The van der Waals surface area contributed by atoms with Crippen molar-refractivity contribution in [1.29, 1.82) is 0 Å². The highest BCUT2D eigenvalue weighted by atomic mass is 32.2. The third-order valence-corrected chi connectivity index (χ3v) is 16.0. The van der Waals surface area contributed by atoms with E-state index in [0.717, 1.165) is 33.8 Å². The predicted octanol–water partition coefficient (Wildman–Crippen LogP) is 16.0. The first-order chi connectivity index (χ1) is 30.4. The van der Waals surface area contributed by atoms with E-state index in [9.17, 15) is 0 Å². The zero-order valence-corrected chi connectivity index (χ0v) is 35.9. The van der Waals surface area contributed by atoms with Crippen molar-refractivity contribution in [1.82, 2.24) is 13.7 Å². The van der Waals surface area contributed by atoms with E-state index >= 15 is 0 Å². The van der Waals surface area contributed by atoms with Crippen LogP contribution in [0.4, 0.5) is 0 Å². The molecule has 0 amide bonds. The molecule has 0 radical (unpaired) electrons. The van der Waals surface area contributed by atoms with Gasteiger partial charge in [0.05, 0.1) is 33.3 Å². The quantitative estimate of drug-likeness (QED) is 0.172. The summed E-state index contributed by atoms with van der Waals surface area (Å²) in [5.41, 5.74) is 16.7. The van der Waals surface area contributed by atoms with Crippen molar-refractivity contribution in [2.24, 2.45) is 0 Å². The van der Waals surface area contributed by atoms with Crippen molar-refractivity contribution < 1.29 is 0 Å². The van der Waals surface area contributed by atoms with Crippen molar-refractivity contribution in [2.75, 3.05) is 0 Å². The summed E-state index contributed by atoms with van der Waals surface area (Å²) < 4.78 is 7.21. The average molecular weight is 830 g/mol. The zero-order valence-electron chi connectivity index (χ0n) is 34.3. The van der Waals surface area contributed by atoms with Gasteiger partial charge in [0.1, 0.15) is 0 Å². The summed E-state index contributed by atoms with van der Waals surface area (Å²) in [6.45, 7) is 13.5. The van der Waals surface area contributed by atoms with Crippen LogP contribution in [0.2, 0.25) is 0 Å². The largest absolute Gasteiger partial charge is 0.309 e. The Morgan fingerprint density at radius 3 is 1.55 bits per heavy atom. The smallest absolute Gasteiger partial charge is 0.0547 e. The molecule has 5 heteroatoms. The number of nitrogens with zero attached hydrogens (tertiary/aromatic N) is 3. The number of hydrogen-bond donors (Lipinski definition) is 0. The summed E-state index contributed by atoms with van der Waals surface area (Å²) in [5.74, 6) is 0. The first kappa shape index (κ1) is 35.8. The van der Waals surface area contributed by atoms with Gasteiger partial charge in [0.2, 0.25) is 0 Å². The summed E-state index contributed by atoms with van der Waals surface area (Å²) in [6.07, 6.45) is 4.01. The van der Waals surface area contributed by atoms with E-state index in [1.807, 2.05) is 35.7 Å². The van der Waals surface area contributed by atoms with E-state index < -0.39 is 0 Å². The fourth-order valence-electron chi connectivity index (χ4n) is 10.6.